The van der Waals surface area contributed by atoms with Crippen molar-refractivity contribution in [2.75, 3.05) is 27.4 Å². The van der Waals surface area contributed by atoms with Crippen LogP contribution in [-0.2, 0) is 28.7 Å². The van der Waals surface area contributed by atoms with Crippen molar-refractivity contribution in [3.05, 3.63) is 59.7 Å². The predicted molar refractivity (Wildman–Crippen MR) is 161 cm³/mol. The van der Waals surface area contributed by atoms with Gasteiger partial charge in [0.2, 0.25) is 0 Å². The van der Waals surface area contributed by atoms with Gasteiger partial charge in [0.1, 0.15) is 0 Å². The van der Waals surface area contributed by atoms with Gasteiger partial charge in [0.15, 0.2) is 45.8 Å². The van der Waals surface area contributed by atoms with Gasteiger partial charge in [-0.05, 0) is 89.1 Å². The molecule has 0 spiro atoms. The third-order valence-electron chi connectivity index (χ3n) is 5.91. The van der Waals surface area contributed by atoms with E-state index in [0.717, 1.165) is 0 Å². The summed E-state index contributed by atoms with van der Waals surface area (Å²) in [5.74, 6) is -0.396. The molecule has 10 nitrogen and oxygen atoms in total. The van der Waals surface area contributed by atoms with Crippen molar-refractivity contribution in [1.82, 2.24) is 0 Å². The summed E-state index contributed by atoms with van der Waals surface area (Å²) in [5, 5.41) is 0. The number of benzene rings is 2. The number of carbonyl (C=O) groups is 4. The van der Waals surface area contributed by atoms with E-state index in [1.807, 2.05) is 0 Å². The third kappa shape index (κ3) is 10.3. The van der Waals surface area contributed by atoms with Gasteiger partial charge in [0, 0.05) is 0 Å². The van der Waals surface area contributed by atoms with Gasteiger partial charge >= 0.3 is 11.9 Å². The second-order valence-corrected chi connectivity index (χ2v) is 10.3. The minimum Gasteiger partial charge on any atom is -0.493 e. The van der Waals surface area contributed by atoms with Crippen LogP contribution in [0.4, 0.5) is 0 Å². The number of rotatable bonds is 16. The Morgan fingerprint density at radius 2 is 1.00 bits per heavy atom. The molecule has 0 amide bonds. The van der Waals surface area contributed by atoms with E-state index in [4.69, 9.17) is 28.4 Å². The fraction of sp³-hybridized carbons (Fsp3) is 0.394. The van der Waals surface area contributed by atoms with E-state index in [1.54, 1.807) is 90.1 Å². The Labute approximate surface area is 252 Å². The fourth-order valence-electron chi connectivity index (χ4n) is 3.66. The predicted octanol–water partition coefficient (Wildman–Crippen LogP) is 5.40. The summed E-state index contributed by atoms with van der Waals surface area (Å²) in [6.07, 6.45) is 5.41. The van der Waals surface area contributed by atoms with Crippen LogP contribution in [0, 0.1) is 0 Å². The highest BCUT2D eigenvalue weighted by atomic mass is 16.6. The lowest BCUT2D eigenvalue weighted by Gasteiger charge is -2.25. The number of hydrogen-bond acceptors (Lipinski definition) is 10. The number of ether oxygens (including phenoxy) is 6. The van der Waals surface area contributed by atoms with Crippen molar-refractivity contribution < 1.29 is 47.6 Å². The number of hydrogen-bond donors (Lipinski definition) is 0. The first-order valence-electron chi connectivity index (χ1n) is 13.8. The van der Waals surface area contributed by atoms with E-state index in [1.165, 1.54) is 26.4 Å². The SMILES string of the molecule is CCOC(=O)C(C)(C)Oc1ccc(C=CC(=O)CC(=O)C=Cc2ccc(OC(C)(C)C(=O)OCC)c(OC)c2)cc1OC. The molecular formula is C33H40O10. The Balaban J connectivity index is 2.04. The molecule has 43 heavy (non-hydrogen) atoms. The van der Waals surface area contributed by atoms with Crippen molar-refractivity contribution in [1.29, 1.82) is 0 Å². The van der Waals surface area contributed by atoms with Crippen molar-refractivity contribution in [3.8, 4) is 23.0 Å². The molecule has 10 heteroatoms. The highest BCUT2D eigenvalue weighted by molar-refractivity contribution is 6.10. The molecule has 2 rings (SSSR count). The molecule has 232 valence electrons. The van der Waals surface area contributed by atoms with Crippen LogP contribution >= 0.6 is 0 Å². The quantitative estimate of drug-likeness (QED) is 0.141. The minimum atomic E-state index is -1.23. The van der Waals surface area contributed by atoms with E-state index in [-0.39, 0.29) is 31.2 Å². The van der Waals surface area contributed by atoms with Gasteiger partial charge < -0.3 is 28.4 Å². The van der Waals surface area contributed by atoms with E-state index >= 15 is 0 Å². The normalized spacial score (nSPS) is 11.7. The Kier molecular flexibility index (Phi) is 12.5. The van der Waals surface area contributed by atoms with Gasteiger partial charge in [-0.25, -0.2) is 9.59 Å². The van der Waals surface area contributed by atoms with Crippen LogP contribution in [0.5, 0.6) is 23.0 Å². The van der Waals surface area contributed by atoms with Gasteiger partial charge in [-0.15, -0.1) is 0 Å². The standard InChI is InChI=1S/C33H40O10/c1-9-40-30(36)32(3,4)42-26-17-13-22(19-28(26)38-7)11-15-24(34)21-25(35)16-12-23-14-18-27(29(20-23)39-8)43-33(5,6)31(37)41-10-2/h11-20H,9-10,21H2,1-8H3. The summed E-state index contributed by atoms with van der Waals surface area (Å²) in [5.41, 5.74) is -1.19. The summed E-state index contributed by atoms with van der Waals surface area (Å²) < 4.78 is 32.5. The summed E-state index contributed by atoms with van der Waals surface area (Å²) >= 11 is 0. The van der Waals surface area contributed by atoms with Crippen LogP contribution in [0.15, 0.2) is 48.6 Å². The second kappa shape index (κ2) is 15.6. The lowest BCUT2D eigenvalue weighted by molar-refractivity contribution is -0.159. The zero-order valence-corrected chi connectivity index (χ0v) is 26.0. The Bertz CT molecular complexity index is 1260. The van der Waals surface area contributed by atoms with Gasteiger partial charge in [-0.2, -0.15) is 0 Å². The van der Waals surface area contributed by atoms with Gasteiger partial charge in [-0.1, -0.05) is 24.3 Å². The third-order valence-corrected chi connectivity index (χ3v) is 5.91. The molecule has 0 N–H and O–H groups in total. The lowest BCUT2D eigenvalue weighted by Crippen LogP contribution is -2.39. The summed E-state index contributed by atoms with van der Waals surface area (Å²) in [6, 6.07) is 9.94. The van der Waals surface area contributed by atoms with Gasteiger partial charge in [0.05, 0.1) is 33.9 Å². The molecule has 0 heterocycles. The Hall–Kier alpha value is -4.60. The van der Waals surface area contributed by atoms with Crippen molar-refractivity contribution in [2.24, 2.45) is 0 Å². The molecule has 0 unspecified atom stereocenters. The van der Waals surface area contributed by atoms with E-state index in [2.05, 4.69) is 0 Å². The topological polar surface area (TPSA) is 124 Å². The van der Waals surface area contributed by atoms with E-state index < -0.39 is 23.1 Å². The molecule has 0 aliphatic rings. The van der Waals surface area contributed by atoms with Crippen molar-refractivity contribution >= 4 is 35.7 Å². The average Bonchev–Trinajstić information content (AvgIpc) is 2.96. The molecule has 0 saturated heterocycles. The lowest BCUT2D eigenvalue weighted by atomic mass is 10.1. The molecule has 0 aliphatic carbocycles. The molecule has 0 atom stereocenters. The average molecular weight is 597 g/mol. The molecule has 0 aromatic heterocycles. The first kappa shape index (κ1) is 34.6. The number of esters is 2. The van der Waals surface area contributed by atoms with Crippen LogP contribution in [0.3, 0.4) is 0 Å². The zero-order chi connectivity index (χ0) is 32.2. The highest BCUT2D eigenvalue weighted by Gasteiger charge is 2.33. The van der Waals surface area contributed by atoms with E-state index in [0.29, 0.717) is 34.1 Å². The van der Waals surface area contributed by atoms with Crippen molar-refractivity contribution in [2.45, 2.75) is 59.2 Å². The molecule has 0 saturated carbocycles. The smallest absolute Gasteiger partial charge is 0.349 e. The molecular weight excluding hydrogens is 556 g/mol. The maximum absolute atomic E-state index is 12.4. The van der Waals surface area contributed by atoms with Crippen LogP contribution in [0.25, 0.3) is 12.2 Å². The number of carbonyl (C=O) groups excluding carboxylic acids is 4. The molecule has 0 bridgehead atoms. The van der Waals surface area contributed by atoms with Gasteiger partial charge in [0.25, 0.3) is 0 Å². The number of ketones is 2. The fourth-order valence-corrected chi connectivity index (χ4v) is 3.66. The number of allylic oxidation sites excluding steroid dienone is 2. The first-order chi connectivity index (χ1) is 20.3. The zero-order valence-electron chi connectivity index (χ0n) is 26.0. The minimum absolute atomic E-state index is 0.231. The maximum Gasteiger partial charge on any atom is 0.349 e. The van der Waals surface area contributed by atoms with Crippen molar-refractivity contribution in [3.63, 3.8) is 0 Å². The van der Waals surface area contributed by atoms with Crippen LogP contribution in [0.1, 0.15) is 59.1 Å². The molecule has 0 aliphatic heterocycles. The first-order valence-corrected chi connectivity index (χ1v) is 13.8. The van der Waals surface area contributed by atoms with Gasteiger partial charge in [-0.3, -0.25) is 9.59 Å². The maximum atomic E-state index is 12.4. The molecule has 2 aromatic carbocycles. The molecule has 0 fully saturated rings. The van der Waals surface area contributed by atoms with Crippen LogP contribution < -0.4 is 18.9 Å². The highest BCUT2D eigenvalue weighted by Crippen LogP contribution is 2.33. The van der Waals surface area contributed by atoms with Crippen LogP contribution in [-0.4, -0.2) is 62.1 Å². The van der Waals surface area contributed by atoms with E-state index in [9.17, 15) is 19.2 Å². The number of methoxy groups -OCH3 is 2. The second-order valence-electron chi connectivity index (χ2n) is 10.3. The largest absolute Gasteiger partial charge is 0.493 e. The summed E-state index contributed by atoms with van der Waals surface area (Å²) in [7, 11) is 2.92. The monoisotopic (exact) mass is 596 g/mol. The Morgan fingerprint density at radius 3 is 1.33 bits per heavy atom. The Morgan fingerprint density at radius 1 is 0.628 bits per heavy atom. The summed E-state index contributed by atoms with van der Waals surface area (Å²) in [4.78, 5) is 49.2. The van der Waals surface area contributed by atoms with Crippen LogP contribution in [0.2, 0.25) is 0 Å². The molecule has 0 radical (unpaired) electrons. The summed E-state index contributed by atoms with van der Waals surface area (Å²) in [6.45, 7) is 10.3. The molecule has 2 aromatic rings.